The quantitative estimate of drug-likeness (QED) is 0.638. The molecule has 2 rings (SSSR count). The summed E-state index contributed by atoms with van der Waals surface area (Å²) >= 11 is 0. The minimum absolute atomic E-state index is 0.170. The highest BCUT2D eigenvalue weighted by Gasteiger charge is 2.43. The number of ether oxygens (including phenoxy) is 2. The summed E-state index contributed by atoms with van der Waals surface area (Å²) < 4.78 is 11.3. The van der Waals surface area contributed by atoms with Crippen LogP contribution < -0.4 is 16.0 Å². The number of methoxy groups -OCH3 is 2. The molecule has 3 N–H and O–H groups in total. The normalized spacial score (nSPS) is 28.1. The van der Waals surface area contributed by atoms with Gasteiger partial charge in [0.15, 0.2) is 0 Å². The van der Waals surface area contributed by atoms with Crippen LogP contribution in [0.25, 0.3) is 0 Å². The SMILES string of the molecule is COc1cccnc1C(NN)C1(OC)CCC(C)CC1. The minimum atomic E-state index is -0.317. The van der Waals surface area contributed by atoms with Crippen molar-refractivity contribution >= 4 is 0 Å². The number of pyridine rings is 1. The van der Waals surface area contributed by atoms with Crippen molar-refractivity contribution in [3.63, 3.8) is 0 Å². The second-order valence-electron chi connectivity index (χ2n) is 5.64. The molecule has 0 bridgehead atoms. The van der Waals surface area contributed by atoms with E-state index in [1.807, 2.05) is 12.1 Å². The lowest BCUT2D eigenvalue weighted by Crippen LogP contribution is -2.50. The van der Waals surface area contributed by atoms with Crippen molar-refractivity contribution in [2.24, 2.45) is 11.8 Å². The van der Waals surface area contributed by atoms with Crippen molar-refractivity contribution in [1.29, 1.82) is 0 Å². The van der Waals surface area contributed by atoms with Gasteiger partial charge in [-0.15, -0.1) is 0 Å². The number of nitrogens with one attached hydrogen (secondary N) is 1. The van der Waals surface area contributed by atoms with Gasteiger partial charge < -0.3 is 9.47 Å². The monoisotopic (exact) mass is 279 g/mol. The van der Waals surface area contributed by atoms with Gasteiger partial charge in [0.25, 0.3) is 0 Å². The number of hydrogen-bond donors (Lipinski definition) is 2. The molecule has 0 spiro atoms. The summed E-state index contributed by atoms with van der Waals surface area (Å²) in [5.41, 5.74) is 3.40. The number of nitrogens with two attached hydrogens (primary N) is 1. The van der Waals surface area contributed by atoms with E-state index in [0.29, 0.717) is 0 Å². The molecule has 1 aromatic heterocycles. The number of nitrogens with zero attached hydrogens (tertiary/aromatic N) is 1. The first-order valence-electron chi connectivity index (χ1n) is 7.17. The molecule has 20 heavy (non-hydrogen) atoms. The highest BCUT2D eigenvalue weighted by atomic mass is 16.5. The Labute approximate surface area is 120 Å². The van der Waals surface area contributed by atoms with Crippen LogP contribution in [0.1, 0.15) is 44.3 Å². The maximum absolute atomic E-state index is 5.90. The summed E-state index contributed by atoms with van der Waals surface area (Å²) in [5.74, 6) is 7.31. The van der Waals surface area contributed by atoms with Gasteiger partial charge in [0.1, 0.15) is 11.4 Å². The van der Waals surface area contributed by atoms with Gasteiger partial charge in [0.05, 0.1) is 18.8 Å². The molecule has 0 aliphatic heterocycles. The average Bonchev–Trinajstić information content (AvgIpc) is 2.50. The molecule has 1 heterocycles. The molecular formula is C15H25N3O2. The van der Waals surface area contributed by atoms with Crippen LogP contribution in [0, 0.1) is 5.92 Å². The lowest BCUT2D eigenvalue weighted by molar-refractivity contribution is -0.0775. The predicted octanol–water partition coefficient (Wildman–Crippen LogP) is 2.19. The Bertz CT molecular complexity index is 431. The fraction of sp³-hybridized carbons (Fsp3) is 0.667. The maximum Gasteiger partial charge on any atom is 0.142 e. The Hall–Kier alpha value is -1.17. The van der Waals surface area contributed by atoms with Crippen molar-refractivity contribution in [3.8, 4) is 5.75 Å². The number of hydrogen-bond acceptors (Lipinski definition) is 5. The summed E-state index contributed by atoms with van der Waals surface area (Å²) in [6.45, 7) is 2.28. The topological polar surface area (TPSA) is 69.4 Å². The van der Waals surface area contributed by atoms with E-state index >= 15 is 0 Å². The van der Waals surface area contributed by atoms with Gasteiger partial charge in [-0.1, -0.05) is 6.92 Å². The lowest BCUT2D eigenvalue weighted by atomic mass is 9.74. The van der Waals surface area contributed by atoms with Gasteiger partial charge in [-0.3, -0.25) is 10.8 Å². The largest absolute Gasteiger partial charge is 0.495 e. The molecule has 0 saturated heterocycles. The molecule has 5 heteroatoms. The molecule has 1 aliphatic rings. The van der Waals surface area contributed by atoms with Crippen molar-refractivity contribution < 1.29 is 9.47 Å². The van der Waals surface area contributed by atoms with Gasteiger partial charge in [0, 0.05) is 13.3 Å². The molecule has 1 aliphatic carbocycles. The first-order valence-corrected chi connectivity index (χ1v) is 7.17. The van der Waals surface area contributed by atoms with Crippen molar-refractivity contribution in [2.75, 3.05) is 14.2 Å². The third-order valence-corrected chi connectivity index (χ3v) is 4.51. The Morgan fingerprint density at radius 3 is 2.65 bits per heavy atom. The highest BCUT2D eigenvalue weighted by molar-refractivity contribution is 5.31. The average molecular weight is 279 g/mol. The molecular weight excluding hydrogens is 254 g/mol. The second-order valence-corrected chi connectivity index (χ2v) is 5.64. The second kappa shape index (κ2) is 6.52. The molecule has 1 aromatic rings. The van der Waals surface area contributed by atoms with E-state index in [2.05, 4.69) is 17.3 Å². The number of rotatable bonds is 5. The van der Waals surface area contributed by atoms with Crippen molar-refractivity contribution in [3.05, 3.63) is 24.0 Å². The van der Waals surface area contributed by atoms with E-state index in [0.717, 1.165) is 43.0 Å². The first kappa shape index (κ1) is 15.2. The van der Waals surface area contributed by atoms with E-state index in [-0.39, 0.29) is 11.6 Å². The smallest absolute Gasteiger partial charge is 0.142 e. The Morgan fingerprint density at radius 2 is 2.10 bits per heavy atom. The molecule has 1 atom stereocenters. The number of aromatic nitrogens is 1. The van der Waals surface area contributed by atoms with Crippen LogP contribution >= 0.6 is 0 Å². The van der Waals surface area contributed by atoms with E-state index in [9.17, 15) is 0 Å². The first-order chi connectivity index (χ1) is 9.66. The Balaban J connectivity index is 2.34. The zero-order chi connectivity index (χ0) is 14.6. The molecule has 0 aromatic carbocycles. The van der Waals surface area contributed by atoms with Crippen molar-refractivity contribution in [2.45, 2.75) is 44.2 Å². The molecule has 0 radical (unpaired) electrons. The highest BCUT2D eigenvalue weighted by Crippen LogP contribution is 2.43. The minimum Gasteiger partial charge on any atom is -0.495 e. The standard InChI is InChI=1S/C15H25N3O2/c1-11-6-8-15(20-3,9-7-11)14(18-16)13-12(19-2)5-4-10-17-13/h4-5,10-11,14,18H,6-9,16H2,1-3H3. The van der Waals surface area contributed by atoms with Crippen LogP contribution in [0.2, 0.25) is 0 Å². The lowest BCUT2D eigenvalue weighted by Gasteiger charge is -2.43. The van der Waals surface area contributed by atoms with Crippen LogP contribution in [0.5, 0.6) is 5.75 Å². The zero-order valence-corrected chi connectivity index (χ0v) is 12.6. The fourth-order valence-electron chi connectivity index (χ4n) is 3.13. The maximum atomic E-state index is 5.90. The Kier molecular flexibility index (Phi) is 4.96. The third-order valence-electron chi connectivity index (χ3n) is 4.51. The molecule has 0 amide bonds. The summed E-state index contributed by atoms with van der Waals surface area (Å²) in [4.78, 5) is 4.46. The predicted molar refractivity (Wildman–Crippen MR) is 78.2 cm³/mol. The van der Waals surface area contributed by atoms with E-state index < -0.39 is 0 Å². The Morgan fingerprint density at radius 1 is 1.40 bits per heavy atom. The molecule has 112 valence electrons. The van der Waals surface area contributed by atoms with E-state index in [1.54, 1.807) is 20.4 Å². The third kappa shape index (κ3) is 2.80. The van der Waals surface area contributed by atoms with Gasteiger partial charge in [-0.25, -0.2) is 5.43 Å². The van der Waals surface area contributed by atoms with Crippen LogP contribution in [-0.4, -0.2) is 24.8 Å². The van der Waals surface area contributed by atoms with Gasteiger partial charge >= 0.3 is 0 Å². The van der Waals surface area contributed by atoms with Crippen molar-refractivity contribution in [1.82, 2.24) is 10.4 Å². The summed E-state index contributed by atoms with van der Waals surface area (Å²) in [6.07, 6.45) is 5.98. The van der Waals surface area contributed by atoms with Crippen LogP contribution in [0.3, 0.4) is 0 Å². The van der Waals surface area contributed by atoms with Crippen LogP contribution in [0.15, 0.2) is 18.3 Å². The van der Waals surface area contributed by atoms with Crippen LogP contribution in [0.4, 0.5) is 0 Å². The molecule has 1 fully saturated rings. The summed E-state index contributed by atoms with van der Waals surface area (Å²) in [6, 6.07) is 3.59. The van der Waals surface area contributed by atoms with E-state index in [1.165, 1.54) is 0 Å². The van der Waals surface area contributed by atoms with Crippen LogP contribution in [-0.2, 0) is 4.74 Å². The fourth-order valence-corrected chi connectivity index (χ4v) is 3.13. The summed E-state index contributed by atoms with van der Waals surface area (Å²) in [5, 5.41) is 0. The van der Waals surface area contributed by atoms with Gasteiger partial charge in [-0.05, 0) is 43.7 Å². The zero-order valence-electron chi connectivity index (χ0n) is 12.6. The molecule has 1 unspecified atom stereocenters. The van der Waals surface area contributed by atoms with E-state index in [4.69, 9.17) is 15.3 Å². The van der Waals surface area contributed by atoms with Gasteiger partial charge in [0.2, 0.25) is 0 Å². The molecule has 1 saturated carbocycles. The summed E-state index contributed by atoms with van der Waals surface area (Å²) in [7, 11) is 3.41. The number of hydrazine groups is 1. The molecule has 5 nitrogen and oxygen atoms in total. The van der Waals surface area contributed by atoms with Gasteiger partial charge in [-0.2, -0.15) is 0 Å².